The van der Waals surface area contributed by atoms with Crippen molar-refractivity contribution >= 4 is 21.9 Å². The van der Waals surface area contributed by atoms with Gasteiger partial charge < -0.3 is 5.11 Å². The van der Waals surface area contributed by atoms with Crippen molar-refractivity contribution in [1.82, 2.24) is 4.31 Å². The van der Waals surface area contributed by atoms with Crippen LogP contribution in [0.4, 0.5) is 0 Å². The molecule has 1 aliphatic carbocycles. The number of nitrogens with zero attached hydrogens (tertiary/aromatic N) is 1. The highest BCUT2D eigenvalue weighted by molar-refractivity contribution is 7.94. The largest absolute Gasteiger partial charge is 0.479 e. The highest BCUT2D eigenvalue weighted by Gasteiger charge is 2.73. The van der Waals surface area contributed by atoms with Crippen LogP contribution in [0.2, 0.25) is 0 Å². The molecule has 2 rings (SSSR count). The number of hydrogen-bond acceptors (Lipinski definition) is 4. The number of sulfonamides is 1. The summed E-state index contributed by atoms with van der Waals surface area (Å²) in [7, 11) is -3.79. The third-order valence-corrected chi connectivity index (χ3v) is 5.56. The molecule has 0 aromatic heterocycles. The zero-order valence-corrected chi connectivity index (χ0v) is 9.17. The lowest BCUT2D eigenvalue weighted by Crippen LogP contribution is -2.72. The fourth-order valence-corrected chi connectivity index (χ4v) is 3.50. The summed E-state index contributed by atoms with van der Waals surface area (Å²) in [6.07, 6.45) is 0.423. The predicted molar refractivity (Wildman–Crippen MR) is 49.4 cm³/mol. The highest BCUT2D eigenvalue weighted by atomic mass is 32.2. The van der Waals surface area contributed by atoms with Crippen LogP contribution in [-0.4, -0.2) is 40.0 Å². The zero-order valence-electron chi connectivity index (χ0n) is 8.35. The standard InChI is InChI=1S/C8H11NO5S/c1-7(2)5(10)9(15(7,13)14)8(3-4-8)6(11)12/h3-4H2,1-2H3,(H,11,12). The van der Waals surface area contributed by atoms with Gasteiger partial charge in [-0.05, 0) is 26.7 Å². The van der Waals surface area contributed by atoms with Gasteiger partial charge in [-0.2, -0.15) is 0 Å². The summed E-state index contributed by atoms with van der Waals surface area (Å²) in [6.45, 7) is 2.58. The van der Waals surface area contributed by atoms with Gasteiger partial charge in [-0.1, -0.05) is 0 Å². The van der Waals surface area contributed by atoms with Crippen LogP contribution < -0.4 is 0 Å². The van der Waals surface area contributed by atoms with E-state index in [0.717, 1.165) is 0 Å². The summed E-state index contributed by atoms with van der Waals surface area (Å²) in [5.41, 5.74) is -1.48. The minimum atomic E-state index is -3.79. The molecule has 1 N–H and O–H groups in total. The first-order valence-corrected chi connectivity index (χ1v) is 5.95. The maximum absolute atomic E-state index is 11.7. The first kappa shape index (κ1) is 10.4. The average Bonchev–Trinajstić information content (AvgIpc) is 2.85. The van der Waals surface area contributed by atoms with Gasteiger partial charge >= 0.3 is 5.97 Å². The second kappa shape index (κ2) is 2.34. The number of carbonyl (C=O) groups is 2. The summed E-state index contributed by atoms with van der Waals surface area (Å²) in [5.74, 6) is -1.86. The molecule has 1 heterocycles. The monoisotopic (exact) mass is 233 g/mol. The van der Waals surface area contributed by atoms with Gasteiger partial charge in [0.05, 0.1) is 0 Å². The molecule has 0 bridgehead atoms. The van der Waals surface area contributed by atoms with E-state index < -0.39 is 32.2 Å². The summed E-state index contributed by atoms with van der Waals surface area (Å²) in [6, 6.07) is 0. The van der Waals surface area contributed by atoms with Crippen LogP contribution in [0.5, 0.6) is 0 Å². The Kier molecular flexibility index (Phi) is 1.63. The quantitative estimate of drug-likeness (QED) is 0.697. The summed E-state index contributed by atoms with van der Waals surface area (Å²) >= 11 is 0. The topological polar surface area (TPSA) is 91.8 Å². The third kappa shape index (κ3) is 0.914. The van der Waals surface area contributed by atoms with E-state index in [-0.39, 0.29) is 12.8 Å². The number of carbonyl (C=O) groups excluding carboxylic acids is 1. The molecular weight excluding hydrogens is 222 g/mol. The SMILES string of the molecule is CC1(C)C(=O)N(C2(C(=O)O)CC2)S1(=O)=O. The van der Waals surface area contributed by atoms with Crippen molar-refractivity contribution in [3.8, 4) is 0 Å². The molecule has 84 valence electrons. The Balaban J connectivity index is 2.44. The van der Waals surface area contributed by atoms with E-state index in [0.29, 0.717) is 4.31 Å². The van der Waals surface area contributed by atoms with E-state index in [1.54, 1.807) is 0 Å². The Bertz CT molecular complexity index is 459. The molecule has 0 aromatic rings. The fourth-order valence-electron chi connectivity index (χ4n) is 1.70. The second-order valence-corrected chi connectivity index (χ2v) is 6.76. The molecule has 0 unspecified atom stereocenters. The van der Waals surface area contributed by atoms with Gasteiger partial charge in [-0.15, -0.1) is 0 Å². The first-order valence-electron chi connectivity index (χ1n) is 4.51. The predicted octanol–water partition coefficient (Wildman–Crippen LogP) is -0.446. The maximum Gasteiger partial charge on any atom is 0.330 e. The molecule has 1 saturated heterocycles. The van der Waals surface area contributed by atoms with E-state index in [4.69, 9.17) is 5.11 Å². The molecule has 7 heteroatoms. The Hall–Kier alpha value is -1.11. The van der Waals surface area contributed by atoms with Gasteiger partial charge in [0.25, 0.3) is 15.9 Å². The Morgan fingerprint density at radius 2 is 1.87 bits per heavy atom. The molecule has 2 aliphatic rings. The van der Waals surface area contributed by atoms with E-state index in [2.05, 4.69) is 0 Å². The molecule has 0 radical (unpaired) electrons. The van der Waals surface area contributed by atoms with Crippen LogP contribution in [0.3, 0.4) is 0 Å². The normalized spacial score (nSPS) is 29.5. The fraction of sp³-hybridized carbons (Fsp3) is 0.750. The molecule has 6 nitrogen and oxygen atoms in total. The number of aliphatic carboxylic acids is 1. The second-order valence-electron chi connectivity index (χ2n) is 4.42. The minimum absolute atomic E-state index is 0.212. The molecule has 0 aromatic carbocycles. The van der Waals surface area contributed by atoms with Gasteiger partial charge in [-0.25, -0.2) is 17.5 Å². The maximum atomic E-state index is 11.7. The lowest BCUT2D eigenvalue weighted by atomic mass is 10.1. The lowest BCUT2D eigenvalue weighted by Gasteiger charge is -2.46. The zero-order chi connectivity index (χ0) is 11.6. The third-order valence-electron chi connectivity index (χ3n) is 3.10. The number of carboxylic acid groups (broad SMARTS) is 1. The molecule has 2 fully saturated rings. The van der Waals surface area contributed by atoms with Gasteiger partial charge in [-0.3, -0.25) is 4.79 Å². The smallest absolute Gasteiger partial charge is 0.330 e. The van der Waals surface area contributed by atoms with Crippen molar-refractivity contribution in [1.29, 1.82) is 0 Å². The lowest BCUT2D eigenvalue weighted by molar-refractivity contribution is -0.150. The number of hydrogen-bond donors (Lipinski definition) is 1. The van der Waals surface area contributed by atoms with Crippen molar-refractivity contribution in [2.45, 2.75) is 37.0 Å². The molecular formula is C8H11NO5S. The van der Waals surface area contributed by atoms with Crippen LogP contribution in [0.15, 0.2) is 0 Å². The Morgan fingerprint density at radius 1 is 1.40 bits per heavy atom. The number of carboxylic acids is 1. The minimum Gasteiger partial charge on any atom is -0.479 e. The van der Waals surface area contributed by atoms with Crippen molar-refractivity contribution in [2.24, 2.45) is 0 Å². The molecule has 1 aliphatic heterocycles. The van der Waals surface area contributed by atoms with Gasteiger partial charge in [0.15, 0.2) is 10.3 Å². The van der Waals surface area contributed by atoms with Gasteiger partial charge in [0.1, 0.15) is 0 Å². The van der Waals surface area contributed by atoms with Gasteiger partial charge in [0.2, 0.25) is 0 Å². The van der Waals surface area contributed by atoms with Crippen LogP contribution in [0.1, 0.15) is 26.7 Å². The first-order chi connectivity index (χ1) is 6.68. The van der Waals surface area contributed by atoms with Crippen LogP contribution >= 0.6 is 0 Å². The molecule has 0 atom stereocenters. The molecule has 15 heavy (non-hydrogen) atoms. The van der Waals surface area contributed by atoms with E-state index >= 15 is 0 Å². The highest BCUT2D eigenvalue weighted by Crippen LogP contribution is 2.51. The van der Waals surface area contributed by atoms with Crippen LogP contribution in [0.25, 0.3) is 0 Å². The summed E-state index contributed by atoms with van der Waals surface area (Å²) in [5, 5.41) is 8.90. The molecule has 0 spiro atoms. The van der Waals surface area contributed by atoms with E-state index in [9.17, 15) is 18.0 Å². The average molecular weight is 233 g/mol. The Morgan fingerprint density at radius 3 is 2.13 bits per heavy atom. The Labute approximate surface area is 86.9 Å². The number of amides is 1. The number of rotatable bonds is 2. The van der Waals surface area contributed by atoms with Crippen LogP contribution in [-0.2, 0) is 19.6 Å². The van der Waals surface area contributed by atoms with Gasteiger partial charge in [0, 0.05) is 0 Å². The summed E-state index contributed by atoms with van der Waals surface area (Å²) < 4.78 is 22.5. The van der Waals surface area contributed by atoms with E-state index in [1.807, 2.05) is 0 Å². The van der Waals surface area contributed by atoms with Crippen molar-refractivity contribution < 1.29 is 23.1 Å². The van der Waals surface area contributed by atoms with Crippen molar-refractivity contribution in [2.75, 3.05) is 0 Å². The molecule has 1 saturated carbocycles. The van der Waals surface area contributed by atoms with Crippen molar-refractivity contribution in [3.63, 3.8) is 0 Å². The van der Waals surface area contributed by atoms with Crippen molar-refractivity contribution in [3.05, 3.63) is 0 Å². The summed E-state index contributed by atoms with van der Waals surface area (Å²) in [4.78, 5) is 22.5. The molecule has 1 amide bonds. The van der Waals surface area contributed by atoms with E-state index in [1.165, 1.54) is 13.8 Å². The van der Waals surface area contributed by atoms with Crippen LogP contribution in [0, 0.1) is 0 Å².